The third kappa shape index (κ3) is 12.1. The summed E-state index contributed by atoms with van der Waals surface area (Å²) in [7, 11) is 0. The number of nitrogens with zero attached hydrogens (tertiary/aromatic N) is 2. The van der Waals surface area contributed by atoms with Crippen LogP contribution in [0.5, 0.6) is 0 Å². The topological polar surface area (TPSA) is 83.0 Å². The highest BCUT2D eigenvalue weighted by molar-refractivity contribution is 8.01. The van der Waals surface area contributed by atoms with Gasteiger partial charge in [0.15, 0.2) is 0 Å². The number of aliphatic imine (C=N–C) groups is 1. The molecule has 0 spiro atoms. The number of amides is 2. The fourth-order valence-corrected chi connectivity index (χ4v) is 7.82. The first-order chi connectivity index (χ1) is 24.2. The first-order valence-electron chi connectivity index (χ1n) is 17.4. The van der Waals surface area contributed by atoms with Crippen LogP contribution in [0, 0.1) is 6.92 Å². The lowest BCUT2D eigenvalue weighted by Crippen LogP contribution is -2.36. The lowest BCUT2D eigenvalue weighted by atomic mass is 10.1. The third-order valence-corrected chi connectivity index (χ3v) is 10.6. The van der Waals surface area contributed by atoms with Gasteiger partial charge in [0.2, 0.25) is 0 Å². The molecule has 7 nitrogen and oxygen atoms in total. The fourth-order valence-electron chi connectivity index (χ4n) is 5.55. The number of hydrazine groups is 1. The van der Waals surface area contributed by atoms with Crippen molar-refractivity contribution in [2.24, 2.45) is 4.99 Å². The largest absolute Gasteiger partial charge is 0.381 e. The Bertz CT molecular complexity index is 1600. The highest BCUT2D eigenvalue weighted by atomic mass is 35.5. The van der Waals surface area contributed by atoms with E-state index in [2.05, 4.69) is 17.7 Å². The number of benzene rings is 3. The minimum atomic E-state index is -0.873. The molecule has 1 saturated heterocycles. The maximum Gasteiger partial charge on any atom is 0.267 e. The van der Waals surface area contributed by atoms with Crippen LogP contribution in [-0.4, -0.2) is 42.7 Å². The Kier molecular flexibility index (Phi) is 17.1. The first-order valence-corrected chi connectivity index (χ1v) is 19.8. The first kappa shape index (κ1) is 40.3. The van der Waals surface area contributed by atoms with Crippen LogP contribution in [0.25, 0.3) is 0 Å². The molecule has 0 radical (unpaired) electrons. The third-order valence-electron chi connectivity index (χ3n) is 8.24. The second-order valence-corrected chi connectivity index (χ2v) is 15.2. The van der Waals surface area contributed by atoms with Crippen LogP contribution >= 0.6 is 58.2 Å². The molecule has 0 bridgehead atoms. The molecule has 1 atom stereocenters. The number of aryl methyl sites for hydroxylation is 1. The van der Waals surface area contributed by atoms with E-state index in [1.54, 1.807) is 18.2 Å². The summed E-state index contributed by atoms with van der Waals surface area (Å²) in [6, 6.07) is 15.7. The number of halogens is 4. The summed E-state index contributed by atoms with van der Waals surface area (Å²) in [4.78, 5) is 32.7. The molecule has 1 unspecified atom stereocenters. The zero-order valence-electron chi connectivity index (χ0n) is 28.7. The number of anilines is 1. The Morgan fingerprint density at radius 2 is 1.50 bits per heavy atom. The molecule has 1 fully saturated rings. The van der Waals surface area contributed by atoms with Gasteiger partial charge in [-0.05, 0) is 61.7 Å². The smallest absolute Gasteiger partial charge is 0.267 e. The highest BCUT2D eigenvalue weighted by Crippen LogP contribution is 2.40. The van der Waals surface area contributed by atoms with E-state index in [0.717, 1.165) is 18.6 Å². The number of rotatable bonds is 20. The molecule has 1 aliphatic heterocycles. The number of carbonyl (C=O) groups is 2. The number of nitrogens with one attached hydrogen (secondary N) is 2. The number of amidine groups is 1. The molecule has 270 valence electrons. The molecule has 0 aromatic heterocycles. The fraction of sp³-hybridized carbons (Fsp3) is 0.447. The van der Waals surface area contributed by atoms with E-state index >= 15 is 0 Å². The van der Waals surface area contributed by atoms with E-state index < -0.39 is 5.25 Å². The molecular weight excluding hydrogens is 734 g/mol. The molecule has 3 aromatic carbocycles. The minimum absolute atomic E-state index is 0.189. The van der Waals surface area contributed by atoms with Gasteiger partial charge >= 0.3 is 0 Å². The van der Waals surface area contributed by atoms with Crippen LogP contribution in [0.1, 0.15) is 93.5 Å². The van der Waals surface area contributed by atoms with Gasteiger partial charge in [0.25, 0.3) is 11.8 Å². The normalized spacial score (nSPS) is 15.2. The van der Waals surface area contributed by atoms with Crippen LogP contribution in [0.3, 0.4) is 0 Å². The summed E-state index contributed by atoms with van der Waals surface area (Å²) in [5.74, 6) is -0.301. The average molecular weight is 781 g/mol. The van der Waals surface area contributed by atoms with E-state index in [4.69, 9.17) is 56.1 Å². The van der Waals surface area contributed by atoms with Crippen LogP contribution in [0.15, 0.2) is 64.5 Å². The van der Waals surface area contributed by atoms with Crippen molar-refractivity contribution in [3.8, 4) is 0 Å². The Morgan fingerprint density at radius 3 is 2.20 bits per heavy atom. The standard InChI is InChI=1S/C38H46Cl4N4O3S/c1-3-4-5-6-7-8-9-10-11-14-21-49-22-15-20-43-37(47)28-16-12-13-17-33(28)50-35-36(44-32-23-26(2)18-19-29(32)40)45-46(38(35)48)34-30(41)24-27(39)25-31(34)42/h12-13,16-19,23-25,35H,3-11,14-15,20-22H2,1-2H3,(H,43,47)(H,44,45). The molecule has 12 heteroatoms. The summed E-state index contributed by atoms with van der Waals surface area (Å²) < 4.78 is 5.81. The Balaban J connectivity index is 1.34. The van der Waals surface area contributed by atoms with Gasteiger partial charge in [-0.15, -0.1) is 11.8 Å². The summed E-state index contributed by atoms with van der Waals surface area (Å²) in [6.45, 7) is 5.98. The maximum atomic E-state index is 14.0. The zero-order chi connectivity index (χ0) is 35.9. The number of carbonyl (C=O) groups excluding carboxylic acids is 2. The molecular formula is C38H46Cl4N4O3S. The van der Waals surface area contributed by atoms with Gasteiger partial charge in [-0.2, -0.15) is 0 Å². The highest BCUT2D eigenvalue weighted by Gasteiger charge is 2.41. The van der Waals surface area contributed by atoms with Gasteiger partial charge in [-0.1, -0.05) is 129 Å². The lowest BCUT2D eigenvalue weighted by Gasteiger charge is -2.19. The van der Waals surface area contributed by atoms with E-state index in [9.17, 15) is 9.59 Å². The summed E-state index contributed by atoms with van der Waals surface area (Å²) in [6.07, 6.45) is 13.6. The van der Waals surface area contributed by atoms with E-state index in [1.807, 2.05) is 31.2 Å². The summed E-state index contributed by atoms with van der Waals surface area (Å²) in [5.41, 5.74) is 5.22. The minimum Gasteiger partial charge on any atom is -0.381 e. The molecule has 1 heterocycles. The van der Waals surface area contributed by atoms with Gasteiger partial charge < -0.3 is 10.1 Å². The quantitative estimate of drug-likeness (QED) is 0.112. The molecule has 3 aromatic rings. The van der Waals surface area contributed by atoms with Crippen LogP contribution in [0.4, 0.5) is 11.4 Å². The number of ether oxygens (including phenoxy) is 1. The van der Waals surface area contributed by atoms with Crippen molar-refractivity contribution in [2.75, 3.05) is 24.8 Å². The molecule has 2 amide bonds. The van der Waals surface area contributed by atoms with Gasteiger partial charge in [0, 0.05) is 29.7 Å². The van der Waals surface area contributed by atoms with Crippen molar-refractivity contribution >= 4 is 87.2 Å². The maximum absolute atomic E-state index is 14.0. The van der Waals surface area contributed by atoms with Crippen LogP contribution in [-0.2, 0) is 9.53 Å². The molecule has 50 heavy (non-hydrogen) atoms. The van der Waals surface area contributed by atoms with E-state index in [0.29, 0.717) is 51.6 Å². The van der Waals surface area contributed by atoms with Crippen molar-refractivity contribution in [3.63, 3.8) is 0 Å². The number of hydrogen-bond acceptors (Lipinski definition) is 5. The predicted molar refractivity (Wildman–Crippen MR) is 211 cm³/mol. The summed E-state index contributed by atoms with van der Waals surface area (Å²) >= 11 is 26.9. The SMILES string of the molecule is CCCCCCCCCCCCOCCCNC(=O)c1ccccc1SC1C(=O)N(c2c(Cl)cc(Cl)cc2Cl)NC1=Nc1cc(C)ccc1Cl. The predicted octanol–water partition coefficient (Wildman–Crippen LogP) is 11.4. The summed E-state index contributed by atoms with van der Waals surface area (Å²) in [5, 5.41) is 4.53. The lowest BCUT2D eigenvalue weighted by molar-refractivity contribution is -0.116. The number of unbranched alkanes of at least 4 members (excludes halogenated alkanes) is 9. The van der Waals surface area contributed by atoms with Gasteiger partial charge in [0.05, 0.1) is 26.3 Å². The zero-order valence-corrected chi connectivity index (χ0v) is 32.6. The van der Waals surface area contributed by atoms with E-state index in [-0.39, 0.29) is 27.5 Å². The second-order valence-electron chi connectivity index (χ2n) is 12.4. The van der Waals surface area contributed by atoms with Crippen molar-refractivity contribution in [1.82, 2.24) is 10.7 Å². The average Bonchev–Trinajstić information content (AvgIpc) is 3.37. The Labute approximate surface area is 320 Å². The van der Waals surface area contributed by atoms with Crippen molar-refractivity contribution in [2.45, 2.75) is 94.6 Å². The van der Waals surface area contributed by atoms with Crippen LogP contribution in [0.2, 0.25) is 20.1 Å². The Hall–Kier alpha value is -2.46. The van der Waals surface area contributed by atoms with Gasteiger partial charge in [0.1, 0.15) is 16.8 Å². The van der Waals surface area contributed by atoms with Gasteiger partial charge in [-0.3, -0.25) is 15.0 Å². The number of thioether (sulfide) groups is 1. The van der Waals surface area contributed by atoms with Gasteiger partial charge in [-0.25, -0.2) is 10.0 Å². The van der Waals surface area contributed by atoms with Crippen molar-refractivity contribution in [1.29, 1.82) is 0 Å². The van der Waals surface area contributed by atoms with Crippen molar-refractivity contribution in [3.05, 3.63) is 85.8 Å². The molecule has 2 N–H and O–H groups in total. The Morgan fingerprint density at radius 1 is 0.860 bits per heavy atom. The van der Waals surface area contributed by atoms with E-state index in [1.165, 1.54) is 86.7 Å². The number of hydrogen-bond donors (Lipinski definition) is 2. The molecule has 0 saturated carbocycles. The molecule has 1 aliphatic rings. The van der Waals surface area contributed by atoms with Crippen LogP contribution < -0.4 is 15.8 Å². The molecule has 4 rings (SSSR count). The second kappa shape index (κ2) is 21.2. The van der Waals surface area contributed by atoms with Crippen molar-refractivity contribution < 1.29 is 14.3 Å². The molecule has 0 aliphatic carbocycles. The monoisotopic (exact) mass is 778 g/mol.